The average molecular weight is 330 g/mol. The van der Waals surface area contributed by atoms with E-state index in [2.05, 4.69) is 9.47 Å². The van der Waals surface area contributed by atoms with Crippen molar-refractivity contribution in [1.29, 1.82) is 0 Å². The third-order valence-corrected chi connectivity index (χ3v) is 1.72. The van der Waals surface area contributed by atoms with E-state index in [4.69, 9.17) is 0 Å². The standard InChI is InChI=1S/C10H6O8.2K/c11-7(17-9(13)14)5-3-1-2-4-6(5)8(12)18-10(15)16;;/h1-4H,(H,13,14)(H,15,16);;/q;2*+1/p-2. The molecule has 0 amide bonds. The molecule has 0 heterocycles. The van der Waals surface area contributed by atoms with Crippen molar-refractivity contribution in [1.82, 2.24) is 0 Å². The predicted octanol–water partition coefficient (Wildman–Crippen LogP) is -7.31. The van der Waals surface area contributed by atoms with Crippen LogP contribution in [0.15, 0.2) is 24.3 Å². The number of ether oxygens (including phenoxy) is 2. The Kier molecular flexibility index (Phi) is 12.5. The number of carbonyl (C=O) groups excluding carboxylic acids is 4. The van der Waals surface area contributed by atoms with E-state index in [1.165, 1.54) is 12.1 Å². The molecular formula is C10H4K2O8. The minimum Gasteiger partial charge on any atom is -0.480 e. The zero-order valence-corrected chi connectivity index (χ0v) is 16.8. The third kappa shape index (κ3) is 7.40. The summed E-state index contributed by atoms with van der Waals surface area (Å²) in [4.78, 5) is 42.6. The van der Waals surface area contributed by atoms with E-state index < -0.39 is 35.4 Å². The molecule has 10 heteroatoms. The Balaban J connectivity index is 0. The monoisotopic (exact) mass is 330 g/mol. The van der Waals surface area contributed by atoms with Crippen molar-refractivity contribution in [2.45, 2.75) is 0 Å². The Morgan fingerprint density at radius 2 is 1.05 bits per heavy atom. The summed E-state index contributed by atoms with van der Waals surface area (Å²) in [6.07, 6.45) is -4.22. The molecule has 0 saturated heterocycles. The van der Waals surface area contributed by atoms with Crippen molar-refractivity contribution in [2.24, 2.45) is 0 Å². The van der Waals surface area contributed by atoms with Crippen LogP contribution < -0.4 is 113 Å². The first-order valence-corrected chi connectivity index (χ1v) is 4.37. The second-order valence-electron chi connectivity index (χ2n) is 2.82. The Bertz CT molecular complexity index is 481. The topological polar surface area (TPSA) is 133 Å². The van der Waals surface area contributed by atoms with Crippen LogP contribution >= 0.6 is 0 Å². The van der Waals surface area contributed by atoms with Crippen molar-refractivity contribution in [3.05, 3.63) is 35.4 Å². The Labute approximate surface area is 197 Å². The van der Waals surface area contributed by atoms with Crippen LogP contribution in [-0.2, 0) is 9.47 Å². The van der Waals surface area contributed by atoms with E-state index in [9.17, 15) is 29.4 Å². The van der Waals surface area contributed by atoms with E-state index in [0.717, 1.165) is 12.1 Å². The molecular weight excluding hydrogens is 326 g/mol. The van der Waals surface area contributed by atoms with E-state index in [1.54, 1.807) is 0 Å². The summed E-state index contributed by atoms with van der Waals surface area (Å²) in [6.45, 7) is 0. The largest absolute Gasteiger partial charge is 1.00 e. The van der Waals surface area contributed by atoms with Crippen molar-refractivity contribution in [2.75, 3.05) is 0 Å². The van der Waals surface area contributed by atoms with Gasteiger partial charge in [0.2, 0.25) is 0 Å². The van der Waals surface area contributed by atoms with Gasteiger partial charge in [0.05, 0.1) is 11.1 Å². The van der Waals surface area contributed by atoms with Gasteiger partial charge in [0.25, 0.3) is 24.2 Å². The van der Waals surface area contributed by atoms with E-state index in [0.29, 0.717) is 0 Å². The molecule has 0 atom stereocenters. The minimum atomic E-state index is -2.11. The third-order valence-electron chi connectivity index (χ3n) is 1.72. The van der Waals surface area contributed by atoms with E-state index >= 15 is 0 Å². The second-order valence-corrected chi connectivity index (χ2v) is 2.82. The fourth-order valence-electron chi connectivity index (χ4n) is 1.10. The molecule has 0 saturated carbocycles. The fraction of sp³-hybridized carbons (Fsp3) is 0. The number of esters is 2. The Hall–Kier alpha value is 0.373. The van der Waals surface area contributed by atoms with Crippen LogP contribution in [0, 0.1) is 0 Å². The molecule has 0 aliphatic rings. The van der Waals surface area contributed by atoms with Crippen LogP contribution in [0.2, 0.25) is 0 Å². The number of benzene rings is 1. The summed E-state index contributed by atoms with van der Waals surface area (Å²) < 4.78 is 7.46. The van der Waals surface area contributed by atoms with Gasteiger partial charge in [-0.1, -0.05) is 12.1 Å². The summed E-state index contributed by atoms with van der Waals surface area (Å²) in [5.74, 6) is -2.78. The van der Waals surface area contributed by atoms with Gasteiger partial charge in [0.15, 0.2) is 0 Å². The van der Waals surface area contributed by atoms with Gasteiger partial charge in [0.1, 0.15) is 0 Å². The first-order chi connectivity index (χ1) is 8.41. The molecule has 8 nitrogen and oxygen atoms in total. The first kappa shape index (κ1) is 22.7. The summed E-state index contributed by atoms with van der Waals surface area (Å²) in [7, 11) is 0. The van der Waals surface area contributed by atoms with Crippen LogP contribution in [0.3, 0.4) is 0 Å². The Morgan fingerprint density at radius 1 is 0.750 bits per heavy atom. The van der Waals surface area contributed by atoms with Crippen molar-refractivity contribution in [3.63, 3.8) is 0 Å². The van der Waals surface area contributed by atoms with Gasteiger partial charge in [-0.3, -0.25) is 9.59 Å². The second kappa shape index (κ2) is 11.0. The quantitative estimate of drug-likeness (QED) is 0.297. The van der Waals surface area contributed by atoms with Gasteiger partial charge in [0, 0.05) is 0 Å². The fourth-order valence-corrected chi connectivity index (χ4v) is 1.10. The van der Waals surface area contributed by atoms with E-state index in [-0.39, 0.29) is 103 Å². The zero-order valence-electron chi connectivity index (χ0n) is 10.6. The smallest absolute Gasteiger partial charge is 0.480 e. The molecule has 0 bridgehead atoms. The molecule has 0 unspecified atom stereocenters. The summed E-state index contributed by atoms with van der Waals surface area (Å²) >= 11 is 0. The maximum atomic E-state index is 11.3. The van der Waals surface area contributed by atoms with Gasteiger partial charge >= 0.3 is 103 Å². The van der Waals surface area contributed by atoms with Gasteiger partial charge < -0.3 is 29.3 Å². The van der Waals surface area contributed by atoms with Crippen LogP contribution in [0.25, 0.3) is 0 Å². The molecule has 0 fully saturated rings. The molecule has 0 aliphatic heterocycles. The van der Waals surface area contributed by atoms with Crippen LogP contribution in [-0.4, -0.2) is 24.2 Å². The molecule has 94 valence electrons. The molecule has 1 aromatic rings. The van der Waals surface area contributed by atoms with Gasteiger partial charge in [-0.25, -0.2) is 0 Å². The molecule has 0 aromatic heterocycles. The van der Waals surface area contributed by atoms with Gasteiger partial charge in [-0.15, -0.1) is 0 Å². The maximum Gasteiger partial charge on any atom is 1.00 e. The van der Waals surface area contributed by atoms with Crippen molar-refractivity contribution < 1.29 is 142 Å². The number of rotatable bonds is 2. The Morgan fingerprint density at radius 3 is 1.30 bits per heavy atom. The molecule has 1 aromatic carbocycles. The maximum absolute atomic E-state index is 11.3. The van der Waals surface area contributed by atoms with Crippen molar-refractivity contribution in [3.8, 4) is 0 Å². The number of carbonyl (C=O) groups is 4. The number of carboxylic acid groups (broad SMARTS) is 2. The molecule has 1 rings (SSSR count). The summed E-state index contributed by atoms with van der Waals surface area (Å²) in [6, 6.07) is 4.72. The summed E-state index contributed by atoms with van der Waals surface area (Å²) in [5, 5.41) is 20.1. The van der Waals surface area contributed by atoms with Crippen LogP contribution in [0.1, 0.15) is 20.7 Å². The normalized spacial score (nSPS) is 8.40. The number of hydrogen-bond donors (Lipinski definition) is 0. The summed E-state index contributed by atoms with van der Waals surface area (Å²) in [5.41, 5.74) is -0.957. The molecule has 20 heavy (non-hydrogen) atoms. The molecule has 0 aliphatic carbocycles. The van der Waals surface area contributed by atoms with E-state index in [1.807, 2.05) is 0 Å². The predicted molar refractivity (Wildman–Crippen MR) is 48.1 cm³/mol. The minimum absolute atomic E-state index is 0. The zero-order chi connectivity index (χ0) is 13.7. The first-order valence-electron chi connectivity index (χ1n) is 4.37. The molecule has 0 radical (unpaired) electrons. The van der Waals surface area contributed by atoms with Gasteiger partial charge in [-0.05, 0) is 12.1 Å². The average Bonchev–Trinajstić information content (AvgIpc) is 2.27. The van der Waals surface area contributed by atoms with Gasteiger partial charge in [-0.2, -0.15) is 0 Å². The number of hydrogen-bond acceptors (Lipinski definition) is 8. The van der Waals surface area contributed by atoms with Crippen molar-refractivity contribution >= 4 is 24.2 Å². The van der Waals surface area contributed by atoms with Crippen LogP contribution in [0.5, 0.6) is 0 Å². The SMILES string of the molecule is O=C([O-])OC(=O)c1ccccc1C(=O)OC(=O)[O-].[K+].[K+]. The molecule has 0 spiro atoms. The van der Waals surface area contributed by atoms with Crippen LogP contribution in [0.4, 0.5) is 9.59 Å². The molecule has 0 N–H and O–H groups in total.